The lowest BCUT2D eigenvalue weighted by Crippen LogP contribution is -2.51. The molecule has 0 fully saturated rings. The molecule has 106 valence electrons. The molecule has 0 aromatic carbocycles. The van der Waals surface area contributed by atoms with E-state index in [1.807, 2.05) is 20.8 Å². The fourth-order valence-electron chi connectivity index (χ4n) is 1.49. The molecule has 2 atom stereocenters. The Kier molecular flexibility index (Phi) is 8.11. The Balaban J connectivity index is 4.32. The molecule has 0 radical (unpaired) electrons. The zero-order valence-corrected chi connectivity index (χ0v) is 11.5. The van der Waals surface area contributed by atoms with Gasteiger partial charge in [0.1, 0.15) is 6.04 Å². The summed E-state index contributed by atoms with van der Waals surface area (Å²) in [6, 6.07) is -1.44. The number of carbonyl (C=O) groups excluding carboxylic acids is 1. The highest BCUT2D eigenvalue weighted by Gasteiger charge is 2.21. The van der Waals surface area contributed by atoms with Crippen molar-refractivity contribution in [2.24, 2.45) is 5.92 Å². The van der Waals surface area contributed by atoms with Gasteiger partial charge in [-0.25, -0.2) is 9.59 Å². The van der Waals surface area contributed by atoms with Crippen LogP contribution in [0.4, 0.5) is 4.79 Å². The zero-order chi connectivity index (χ0) is 14.1. The maximum atomic E-state index is 11.7. The SMILES string of the molecule is CCC[C@@H](NC(=O)NC(COC)C(C)C)C(=O)O. The number of nitrogens with one attached hydrogen (secondary N) is 2. The molecular weight excluding hydrogens is 236 g/mol. The number of urea groups is 1. The van der Waals surface area contributed by atoms with Crippen LogP contribution in [0.25, 0.3) is 0 Å². The van der Waals surface area contributed by atoms with E-state index in [0.29, 0.717) is 19.4 Å². The van der Waals surface area contributed by atoms with Gasteiger partial charge in [-0.15, -0.1) is 0 Å². The van der Waals surface area contributed by atoms with E-state index in [-0.39, 0.29) is 12.0 Å². The van der Waals surface area contributed by atoms with Crippen molar-refractivity contribution in [3.63, 3.8) is 0 Å². The van der Waals surface area contributed by atoms with Crippen molar-refractivity contribution in [3.05, 3.63) is 0 Å². The van der Waals surface area contributed by atoms with Gasteiger partial charge in [-0.3, -0.25) is 0 Å². The first-order valence-corrected chi connectivity index (χ1v) is 6.21. The largest absolute Gasteiger partial charge is 0.480 e. The monoisotopic (exact) mass is 260 g/mol. The van der Waals surface area contributed by atoms with Crippen LogP contribution in [0.1, 0.15) is 33.6 Å². The van der Waals surface area contributed by atoms with Gasteiger partial charge in [0.2, 0.25) is 0 Å². The molecule has 0 saturated carbocycles. The Morgan fingerprint density at radius 1 is 1.28 bits per heavy atom. The van der Waals surface area contributed by atoms with Gasteiger partial charge in [0.25, 0.3) is 0 Å². The van der Waals surface area contributed by atoms with Crippen LogP contribution in [0.5, 0.6) is 0 Å². The quantitative estimate of drug-likeness (QED) is 0.612. The van der Waals surface area contributed by atoms with Gasteiger partial charge in [0, 0.05) is 7.11 Å². The number of carboxylic acids is 1. The van der Waals surface area contributed by atoms with E-state index < -0.39 is 18.0 Å². The molecule has 0 aromatic heterocycles. The summed E-state index contributed by atoms with van der Waals surface area (Å²) in [6.45, 7) is 6.20. The van der Waals surface area contributed by atoms with Gasteiger partial charge in [-0.2, -0.15) is 0 Å². The molecule has 0 heterocycles. The maximum absolute atomic E-state index is 11.7. The number of hydrogen-bond donors (Lipinski definition) is 3. The standard InChI is InChI=1S/C12H24N2O4/c1-5-6-9(11(15)16)13-12(17)14-10(7-18-4)8(2)3/h8-10H,5-7H2,1-4H3,(H,15,16)(H2,13,14,17)/t9-,10?/m1/s1. The summed E-state index contributed by atoms with van der Waals surface area (Å²) in [6.07, 6.45) is 1.11. The molecule has 3 N–H and O–H groups in total. The van der Waals surface area contributed by atoms with Crippen LogP contribution in [-0.4, -0.2) is 42.9 Å². The summed E-state index contributed by atoms with van der Waals surface area (Å²) in [5.74, 6) is -0.801. The molecule has 0 rings (SSSR count). The van der Waals surface area contributed by atoms with E-state index in [1.54, 1.807) is 7.11 Å². The van der Waals surface area contributed by atoms with Crippen LogP contribution in [0, 0.1) is 5.92 Å². The second-order valence-electron chi connectivity index (χ2n) is 4.60. The van der Waals surface area contributed by atoms with E-state index in [9.17, 15) is 9.59 Å². The predicted molar refractivity (Wildman–Crippen MR) is 68.5 cm³/mol. The first-order valence-electron chi connectivity index (χ1n) is 6.21. The third-order valence-corrected chi connectivity index (χ3v) is 2.65. The normalized spacial score (nSPS) is 14.1. The average Bonchev–Trinajstić information content (AvgIpc) is 2.27. The molecule has 0 aliphatic heterocycles. The van der Waals surface area contributed by atoms with Gasteiger partial charge in [0.05, 0.1) is 12.6 Å². The minimum Gasteiger partial charge on any atom is -0.480 e. The summed E-state index contributed by atoms with van der Waals surface area (Å²) in [5.41, 5.74) is 0. The lowest BCUT2D eigenvalue weighted by Gasteiger charge is -2.23. The molecule has 0 bridgehead atoms. The number of aliphatic carboxylic acids is 1. The first kappa shape index (κ1) is 16.7. The smallest absolute Gasteiger partial charge is 0.326 e. The second-order valence-corrected chi connectivity index (χ2v) is 4.60. The van der Waals surface area contributed by atoms with Crippen molar-refractivity contribution < 1.29 is 19.4 Å². The molecule has 0 aliphatic carbocycles. The van der Waals surface area contributed by atoms with E-state index in [4.69, 9.17) is 9.84 Å². The number of carboxylic acid groups (broad SMARTS) is 1. The van der Waals surface area contributed by atoms with Crippen molar-refractivity contribution in [1.82, 2.24) is 10.6 Å². The van der Waals surface area contributed by atoms with Crippen molar-refractivity contribution in [1.29, 1.82) is 0 Å². The highest BCUT2D eigenvalue weighted by molar-refractivity contribution is 5.82. The Bertz CT molecular complexity index is 269. The fraction of sp³-hybridized carbons (Fsp3) is 0.833. The molecule has 1 unspecified atom stereocenters. The summed E-state index contributed by atoms with van der Waals surface area (Å²) < 4.78 is 5.01. The molecule has 6 nitrogen and oxygen atoms in total. The van der Waals surface area contributed by atoms with E-state index in [2.05, 4.69) is 10.6 Å². The lowest BCUT2D eigenvalue weighted by molar-refractivity contribution is -0.139. The molecule has 0 aliphatic rings. The summed E-state index contributed by atoms with van der Waals surface area (Å²) in [7, 11) is 1.56. The number of carbonyl (C=O) groups is 2. The Hall–Kier alpha value is -1.30. The van der Waals surface area contributed by atoms with Crippen molar-refractivity contribution in [3.8, 4) is 0 Å². The topological polar surface area (TPSA) is 87.7 Å². The Morgan fingerprint density at radius 3 is 2.28 bits per heavy atom. The van der Waals surface area contributed by atoms with E-state index in [1.165, 1.54) is 0 Å². The zero-order valence-electron chi connectivity index (χ0n) is 11.5. The number of ether oxygens (including phenoxy) is 1. The second kappa shape index (κ2) is 8.74. The van der Waals surface area contributed by atoms with Crippen LogP contribution >= 0.6 is 0 Å². The number of hydrogen-bond acceptors (Lipinski definition) is 3. The molecule has 0 aromatic rings. The molecule has 2 amide bonds. The van der Waals surface area contributed by atoms with Crippen LogP contribution < -0.4 is 10.6 Å². The molecule has 0 spiro atoms. The Labute approximate surface area is 108 Å². The van der Waals surface area contributed by atoms with Gasteiger partial charge < -0.3 is 20.5 Å². The predicted octanol–water partition coefficient (Wildman–Crippen LogP) is 1.21. The average molecular weight is 260 g/mol. The highest BCUT2D eigenvalue weighted by atomic mass is 16.5. The Morgan fingerprint density at radius 2 is 1.89 bits per heavy atom. The molecule has 6 heteroatoms. The van der Waals surface area contributed by atoms with Gasteiger partial charge >= 0.3 is 12.0 Å². The van der Waals surface area contributed by atoms with Crippen molar-refractivity contribution in [2.75, 3.05) is 13.7 Å². The fourth-order valence-corrected chi connectivity index (χ4v) is 1.49. The molecular formula is C12H24N2O4. The molecule has 0 saturated heterocycles. The number of amides is 2. The summed E-state index contributed by atoms with van der Waals surface area (Å²) >= 11 is 0. The number of methoxy groups -OCH3 is 1. The third kappa shape index (κ3) is 6.44. The number of rotatable bonds is 8. The lowest BCUT2D eigenvalue weighted by atomic mass is 10.1. The van der Waals surface area contributed by atoms with Gasteiger partial charge in [0.15, 0.2) is 0 Å². The van der Waals surface area contributed by atoms with Crippen LogP contribution in [0.15, 0.2) is 0 Å². The summed E-state index contributed by atoms with van der Waals surface area (Å²) in [4.78, 5) is 22.6. The molecule has 18 heavy (non-hydrogen) atoms. The summed E-state index contributed by atoms with van der Waals surface area (Å²) in [5, 5.41) is 14.1. The maximum Gasteiger partial charge on any atom is 0.326 e. The van der Waals surface area contributed by atoms with Crippen molar-refractivity contribution >= 4 is 12.0 Å². The van der Waals surface area contributed by atoms with Crippen LogP contribution in [0.2, 0.25) is 0 Å². The highest BCUT2D eigenvalue weighted by Crippen LogP contribution is 2.02. The first-order chi connectivity index (χ1) is 8.42. The third-order valence-electron chi connectivity index (χ3n) is 2.65. The minimum absolute atomic E-state index is 0.133. The van der Waals surface area contributed by atoms with Crippen LogP contribution in [0.3, 0.4) is 0 Å². The van der Waals surface area contributed by atoms with E-state index in [0.717, 1.165) is 0 Å². The van der Waals surface area contributed by atoms with Gasteiger partial charge in [-0.05, 0) is 12.3 Å². The van der Waals surface area contributed by atoms with Gasteiger partial charge in [-0.1, -0.05) is 27.2 Å². The van der Waals surface area contributed by atoms with Crippen LogP contribution in [-0.2, 0) is 9.53 Å². The van der Waals surface area contributed by atoms with E-state index >= 15 is 0 Å². The van der Waals surface area contributed by atoms with Crippen molar-refractivity contribution in [2.45, 2.75) is 45.7 Å². The minimum atomic E-state index is -1.01.